The Hall–Kier alpha value is -2.14. The minimum Gasteiger partial charge on any atom is -0.364 e. The van der Waals surface area contributed by atoms with E-state index in [2.05, 4.69) is 84.2 Å². The van der Waals surface area contributed by atoms with Gasteiger partial charge < -0.3 is 4.90 Å². The number of carbonyl (C=O) groups is 1. The maximum atomic E-state index is 12.2. The van der Waals surface area contributed by atoms with Crippen LogP contribution in [0.5, 0.6) is 0 Å². The summed E-state index contributed by atoms with van der Waals surface area (Å²) in [6.45, 7) is 11.4. The number of carbonyl (C=O) groups excluding carboxylic acids is 1. The molecule has 4 nitrogen and oxygen atoms in total. The summed E-state index contributed by atoms with van der Waals surface area (Å²) in [5.41, 5.74) is 6.94. The van der Waals surface area contributed by atoms with Gasteiger partial charge in [0, 0.05) is 27.3 Å². The Morgan fingerprint density at radius 1 is 1.29 bits per heavy atom. The molecule has 1 aliphatic heterocycles. The molecular weight excluding hydrogens is 414 g/mol. The van der Waals surface area contributed by atoms with Crippen LogP contribution in [0.15, 0.2) is 52.0 Å². The van der Waals surface area contributed by atoms with Gasteiger partial charge in [0.15, 0.2) is 0 Å². The van der Waals surface area contributed by atoms with Crippen LogP contribution < -0.4 is 10.3 Å². The van der Waals surface area contributed by atoms with Crippen LogP contribution in [0.3, 0.4) is 0 Å². The second-order valence-corrected chi connectivity index (χ2v) is 9.32. The van der Waals surface area contributed by atoms with Gasteiger partial charge in [0.05, 0.1) is 6.21 Å². The molecule has 148 valence electrons. The molecule has 3 rings (SSSR count). The number of amides is 1. The standard InChI is InChI=1S/C23H28BrN3O/c1-15(2)27-21-10-9-17(11-20(21)16(3)13-23(27,4)5)14-25-26-22(28)18-7-6-8-19(24)12-18/h6-12,14-16H,13H2,1-5H3,(H,26,28)/b25-14-/t16-/m0/s1. The van der Waals surface area contributed by atoms with Crippen LogP contribution in [0.25, 0.3) is 0 Å². The Kier molecular flexibility index (Phi) is 5.94. The lowest BCUT2D eigenvalue weighted by atomic mass is 9.79. The molecule has 0 aliphatic carbocycles. The molecule has 0 saturated carbocycles. The molecular formula is C23H28BrN3O. The molecule has 1 amide bonds. The predicted molar refractivity (Wildman–Crippen MR) is 120 cm³/mol. The normalized spacial score (nSPS) is 18.4. The summed E-state index contributed by atoms with van der Waals surface area (Å²) in [5.74, 6) is 0.251. The largest absolute Gasteiger partial charge is 0.364 e. The summed E-state index contributed by atoms with van der Waals surface area (Å²) in [5, 5.41) is 4.15. The molecule has 1 heterocycles. The van der Waals surface area contributed by atoms with Crippen molar-refractivity contribution in [2.24, 2.45) is 5.10 Å². The molecule has 28 heavy (non-hydrogen) atoms. The van der Waals surface area contributed by atoms with E-state index in [1.807, 2.05) is 12.1 Å². The van der Waals surface area contributed by atoms with Crippen molar-refractivity contribution >= 4 is 33.7 Å². The number of hydrogen-bond donors (Lipinski definition) is 1. The number of rotatable bonds is 4. The maximum absolute atomic E-state index is 12.2. The van der Waals surface area contributed by atoms with E-state index < -0.39 is 0 Å². The molecule has 2 aromatic carbocycles. The van der Waals surface area contributed by atoms with Gasteiger partial charge in [-0.3, -0.25) is 4.79 Å². The van der Waals surface area contributed by atoms with E-state index in [4.69, 9.17) is 0 Å². The number of benzene rings is 2. The number of hydrogen-bond acceptors (Lipinski definition) is 3. The fraction of sp³-hybridized carbons (Fsp3) is 0.391. The third kappa shape index (κ3) is 4.30. The van der Waals surface area contributed by atoms with Crippen molar-refractivity contribution in [1.82, 2.24) is 5.43 Å². The molecule has 1 aliphatic rings. The monoisotopic (exact) mass is 441 g/mol. The fourth-order valence-electron chi connectivity index (χ4n) is 4.39. The summed E-state index contributed by atoms with van der Waals surface area (Å²) in [6.07, 6.45) is 2.82. The zero-order valence-corrected chi connectivity index (χ0v) is 18.7. The Balaban J connectivity index is 1.79. The molecule has 0 unspecified atom stereocenters. The highest BCUT2D eigenvalue weighted by Crippen LogP contribution is 2.44. The highest BCUT2D eigenvalue weighted by atomic mass is 79.9. The van der Waals surface area contributed by atoms with E-state index in [-0.39, 0.29) is 11.4 Å². The summed E-state index contributed by atoms with van der Waals surface area (Å²) in [4.78, 5) is 14.7. The van der Waals surface area contributed by atoms with E-state index in [0.717, 1.165) is 16.5 Å². The van der Waals surface area contributed by atoms with Gasteiger partial charge >= 0.3 is 0 Å². The minimum atomic E-state index is -0.225. The zero-order valence-electron chi connectivity index (χ0n) is 17.2. The van der Waals surface area contributed by atoms with Crippen LogP contribution in [-0.2, 0) is 0 Å². The van der Waals surface area contributed by atoms with Gasteiger partial charge in [-0.2, -0.15) is 5.10 Å². The van der Waals surface area contributed by atoms with E-state index >= 15 is 0 Å². The Morgan fingerprint density at radius 3 is 2.71 bits per heavy atom. The summed E-state index contributed by atoms with van der Waals surface area (Å²) >= 11 is 3.38. The van der Waals surface area contributed by atoms with Crippen molar-refractivity contribution in [3.05, 3.63) is 63.6 Å². The molecule has 5 heteroatoms. The number of fused-ring (bicyclic) bond motifs is 1. The minimum absolute atomic E-state index is 0.133. The van der Waals surface area contributed by atoms with E-state index in [1.54, 1.807) is 18.3 Å². The number of nitrogens with one attached hydrogen (secondary N) is 1. The first-order chi connectivity index (χ1) is 13.2. The molecule has 1 atom stereocenters. The van der Waals surface area contributed by atoms with Gasteiger partial charge in [-0.05, 0) is 81.5 Å². The van der Waals surface area contributed by atoms with Crippen LogP contribution in [0.4, 0.5) is 5.69 Å². The van der Waals surface area contributed by atoms with Gasteiger partial charge in [0.2, 0.25) is 0 Å². The summed E-state index contributed by atoms with van der Waals surface area (Å²) < 4.78 is 0.866. The average molecular weight is 442 g/mol. The van der Waals surface area contributed by atoms with Crippen LogP contribution in [0.1, 0.15) is 68.4 Å². The Bertz CT molecular complexity index is 904. The number of hydrazone groups is 1. The lowest BCUT2D eigenvalue weighted by molar-refractivity contribution is 0.0955. The van der Waals surface area contributed by atoms with Gasteiger partial charge in [0.25, 0.3) is 5.91 Å². The summed E-state index contributed by atoms with van der Waals surface area (Å²) in [7, 11) is 0. The first-order valence-electron chi connectivity index (χ1n) is 9.71. The highest BCUT2D eigenvalue weighted by Gasteiger charge is 2.37. The van der Waals surface area contributed by atoms with Crippen LogP contribution >= 0.6 is 15.9 Å². The second kappa shape index (κ2) is 8.08. The Morgan fingerprint density at radius 2 is 2.04 bits per heavy atom. The average Bonchev–Trinajstić information content (AvgIpc) is 2.61. The van der Waals surface area contributed by atoms with Crippen molar-refractivity contribution in [3.63, 3.8) is 0 Å². The molecule has 0 spiro atoms. The molecule has 0 aromatic heterocycles. The van der Waals surface area contributed by atoms with E-state index in [9.17, 15) is 4.79 Å². The molecule has 1 N–H and O–H groups in total. The number of halogens is 1. The van der Waals surface area contributed by atoms with Crippen molar-refractivity contribution in [2.75, 3.05) is 4.90 Å². The quantitative estimate of drug-likeness (QED) is 0.487. The van der Waals surface area contributed by atoms with Crippen molar-refractivity contribution < 1.29 is 4.79 Å². The van der Waals surface area contributed by atoms with Crippen LogP contribution in [0.2, 0.25) is 0 Å². The first kappa shape index (κ1) is 20.6. The fourth-order valence-corrected chi connectivity index (χ4v) is 4.79. The number of nitrogens with zero attached hydrogens (tertiary/aromatic N) is 2. The first-order valence-corrected chi connectivity index (χ1v) is 10.5. The smallest absolute Gasteiger partial charge is 0.271 e. The van der Waals surface area contributed by atoms with Crippen molar-refractivity contribution in [1.29, 1.82) is 0 Å². The molecule has 0 bridgehead atoms. The second-order valence-electron chi connectivity index (χ2n) is 8.41. The lowest BCUT2D eigenvalue weighted by Crippen LogP contribution is -2.51. The highest BCUT2D eigenvalue weighted by molar-refractivity contribution is 9.10. The van der Waals surface area contributed by atoms with Gasteiger partial charge in [-0.1, -0.05) is 35.0 Å². The van der Waals surface area contributed by atoms with Gasteiger partial charge in [-0.25, -0.2) is 5.43 Å². The van der Waals surface area contributed by atoms with Crippen LogP contribution in [0, 0.1) is 0 Å². The predicted octanol–water partition coefficient (Wildman–Crippen LogP) is 5.71. The topological polar surface area (TPSA) is 44.7 Å². The summed E-state index contributed by atoms with van der Waals surface area (Å²) in [6, 6.07) is 14.1. The van der Waals surface area contributed by atoms with E-state index in [1.165, 1.54) is 11.3 Å². The SMILES string of the molecule is CC(C)N1c2ccc(/C=N\NC(=O)c3cccc(Br)c3)cc2[C@@H](C)CC1(C)C. The Labute approximate surface area is 176 Å². The zero-order chi connectivity index (χ0) is 20.5. The molecule has 2 aromatic rings. The third-order valence-corrected chi connectivity index (χ3v) is 5.78. The van der Waals surface area contributed by atoms with Crippen molar-refractivity contribution in [2.45, 2.75) is 58.5 Å². The van der Waals surface area contributed by atoms with Crippen LogP contribution in [-0.4, -0.2) is 23.7 Å². The molecule has 0 saturated heterocycles. The van der Waals surface area contributed by atoms with Gasteiger partial charge in [0.1, 0.15) is 0 Å². The van der Waals surface area contributed by atoms with E-state index in [0.29, 0.717) is 17.5 Å². The maximum Gasteiger partial charge on any atom is 0.271 e. The van der Waals surface area contributed by atoms with Gasteiger partial charge in [-0.15, -0.1) is 0 Å². The third-order valence-electron chi connectivity index (χ3n) is 5.28. The lowest BCUT2D eigenvalue weighted by Gasteiger charge is -2.50. The van der Waals surface area contributed by atoms with Crippen molar-refractivity contribution in [3.8, 4) is 0 Å². The molecule has 0 fully saturated rings. The molecule has 0 radical (unpaired) electrons. The number of anilines is 1.